The summed E-state index contributed by atoms with van der Waals surface area (Å²) in [5, 5.41) is 13.8. The van der Waals surface area contributed by atoms with Crippen molar-refractivity contribution >= 4 is 45.2 Å². The number of amides is 2. The van der Waals surface area contributed by atoms with E-state index in [-0.39, 0.29) is 17.9 Å². The van der Waals surface area contributed by atoms with Gasteiger partial charge >= 0.3 is 0 Å². The monoisotopic (exact) mass is 453 g/mol. The number of rotatable bonds is 5. The molecule has 2 amide bonds. The highest BCUT2D eigenvalue weighted by Gasteiger charge is 2.22. The average Bonchev–Trinajstić information content (AvgIpc) is 2.80. The van der Waals surface area contributed by atoms with Crippen LogP contribution in [0.3, 0.4) is 0 Å². The molecule has 3 rings (SSSR count). The fraction of sp³-hybridized carbons (Fsp3) is 0.389. The van der Waals surface area contributed by atoms with Crippen molar-refractivity contribution in [2.75, 3.05) is 11.9 Å². The van der Waals surface area contributed by atoms with E-state index in [1.54, 1.807) is 36.0 Å². The third-order valence-corrected chi connectivity index (χ3v) is 5.62. The Balaban J connectivity index is 1.70. The van der Waals surface area contributed by atoms with Crippen molar-refractivity contribution in [1.82, 2.24) is 20.4 Å². The Bertz CT molecular complexity index is 854. The number of nitrogens with one attached hydrogen (secondary N) is 3. The molecule has 1 saturated heterocycles. The van der Waals surface area contributed by atoms with Gasteiger partial charge in [-0.2, -0.15) is 5.10 Å². The summed E-state index contributed by atoms with van der Waals surface area (Å²) < 4.78 is 2.26. The average molecular weight is 455 g/mol. The largest absolute Gasteiger partial charge is 0.355 e. The Morgan fingerprint density at radius 1 is 1.41 bits per heavy atom. The minimum Gasteiger partial charge on any atom is -0.355 e. The van der Waals surface area contributed by atoms with Crippen LogP contribution in [0.25, 0.3) is 0 Å². The Morgan fingerprint density at radius 3 is 2.96 bits per heavy atom. The lowest BCUT2D eigenvalue weighted by Crippen LogP contribution is -2.42. The number of hydrogen-bond donors (Lipinski definition) is 3. The van der Waals surface area contributed by atoms with Crippen molar-refractivity contribution in [2.45, 2.75) is 31.8 Å². The minimum atomic E-state index is -0.313. The predicted molar refractivity (Wildman–Crippen MR) is 108 cm³/mol. The second-order valence-corrected chi connectivity index (χ2v) is 7.59. The second-order valence-electron chi connectivity index (χ2n) is 6.39. The molecule has 0 bridgehead atoms. The standard InChI is InChI=1S/C18H21BrClN5O2/c1-25-16(23-17(26)11-6-2-3-7-12(11)20)15(19)14(24-25)10-22-13-8-4-5-9-21-18(13)27/h2-3,6-7,13,22H,4-5,8-10H2,1H3,(H,21,27)(H,23,26)/t13-/m1/s1. The number of benzene rings is 1. The first-order valence-electron chi connectivity index (χ1n) is 8.75. The van der Waals surface area contributed by atoms with Crippen LogP contribution in [0.1, 0.15) is 35.3 Å². The molecule has 0 spiro atoms. The molecular formula is C18H21BrClN5O2. The van der Waals surface area contributed by atoms with E-state index in [2.05, 4.69) is 37.0 Å². The summed E-state index contributed by atoms with van der Waals surface area (Å²) in [6.07, 6.45) is 2.79. The number of nitrogens with zero attached hydrogens (tertiary/aromatic N) is 2. The van der Waals surface area contributed by atoms with Crippen LogP contribution in [0.5, 0.6) is 0 Å². The maximum atomic E-state index is 12.5. The van der Waals surface area contributed by atoms with Crippen LogP contribution in [0.15, 0.2) is 28.7 Å². The first kappa shape index (κ1) is 19.9. The molecule has 1 aromatic heterocycles. The van der Waals surface area contributed by atoms with Crippen molar-refractivity contribution in [3.8, 4) is 0 Å². The fourth-order valence-corrected chi connectivity index (χ4v) is 3.77. The van der Waals surface area contributed by atoms with Crippen LogP contribution in [-0.4, -0.2) is 34.2 Å². The molecule has 2 aromatic rings. The van der Waals surface area contributed by atoms with Gasteiger partial charge in [0.15, 0.2) is 0 Å². The molecule has 3 N–H and O–H groups in total. The fourth-order valence-electron chi connectivity index (χ4n) is 2.98. The predicted octanol–water partition coefficient (Wildman–Crippen LogP) is 2.85. The van der Waals surface area contributed by atoms with Gasteiger partial charge in [-0.05, 0) is 47.3 Å². The SMILES string of the molecule is Cn1nc(CN[C@@H]2CCCCNC2=O)c(Br)c1NC(=O)c1ccccc1Cl. The molecule has 1 aliphatic heterocycles. The Morgan fingerprint density at radius 2 is 2.19 bits per heavy atom. The lowest BCUT2D eigenvalue weighted by Gasteiger charge is -2.14. The molecule has 7 nitrogen and oxygen atoms in total. The van der Waals surface area contributed by atoms with Crippen LogP contribution in [0, 0.1) is 0 Å². The zero-order valence-corrected chi connectivity index (χ0v) is 17.2. The third-order valence-electron chi connectivity index (χ3n) is 4.46. The van der Waals surface area contributed by atoms with E-state index in [9.17, 15) is 9.59 Å². The molecule has 2 heterocycles. The highest BCUT2D eigenvalue weighted by atomic mass is 79.9. The third kappa shape index (κ3) is 4.69. The zero-order valence-electron chi connectivity index (χ0n) is 14.9. The summed E-state index contributed by atoms with van der Waals surface area (Å²) in [6, 6.07) is 6.62. The van der Waals surface area contributed by atoms with Gasteiger partial charge in [0.1, 0.15) is 5.82 Å². The minimum absolute atomic E-state index is 0.0202. The van der Waals surface area contributed by atoms with Crippen molar-refractivity contribution in [2.24, 2.45) is 7.05 Å². The number of carbonyl (C=O) groups excluding carboxylic acids is 2. The summed E-state index contributed by atoms with van der Waals surface area (Å²) in [4.78, 5) is 24.6. The summed E-state index contributed by atoms with van der Waals surface area (Å²) in [6.45, 7) is 1.14. The van der Waals surface area contributed by atoms with E-state index in [0.29, 0.717) is 33.1 Å². The van der Waals surface area contributed by atoms with Crippen molar-refractivity contribution < 1.29 is 9.59 Å². The number of carbonyl (C=O) groups is 2. The Kier molecular flexibility index (Phi) is 6.51. The van der Waals surface area contributed by atoms with Crippen LogP contribution in [-0.2, 0) is 18.4 Å². The summed E-state index contributed by atoms with van der Waals surface area (Å²) in [5.41, 5.74) is 1.10. The molecular weight excluding hydrogens is 434 g/mol. The van der Waals surface area contributed by atoms with Gasteiger partial charge in [0.2, 0.25) is 5.91 Å². The maximum absolute atomic E-state index is 12.5. The molecule has 0 aliphatic carbocycles. The lowest BCUT2D eigenvalue weighted by atomic mass is 10.1. The molecule has 9 heteroatoms. The van der Waals surface area contributed by atoms with E-state index in [1.807, 2.05) is 0 Å². The normalized spacial score (nSPS) is 17.3. The van der Waals surface area contributed by atoms with Gasteiger partial charge in [-0.25, -0.2) is 0 Å². The summed E-state index contributed by atoms with van der Waals surface area (Å²) in [5.74, 6) is 0.237. The number of hydrogen-bond acceptors (Lipinski definition) is 4. The maximum Gasteiger partial charge on any atom is 0.258 e. The molecule has 27 heavy (non-hydrogen) atoms. The van der Waals surface area contributed by atoms with Gasteiger partial charge in [0, 0.05) is 20.1 Å². The number of aromatic nitrogens is 2. The van der Waals surface area contributed by atoms with Crippen LogP contribution in [0.2, 0.25) is 5.02 Å². The van der Waals surface area contributed by atoms with Gasteiger partial charge < -0.3 is 16.0 Å². The lowest BCUT2D eigenvalue weighted by molar-refractivity contribution is -0.122. The van der Waals surface area contributed by atoms with Gasteiger partial charge in [0.25, 0.3) is 5.91 Å². The van der Waals surface area contributed by atoms with E-state index >= 15 is 0 Å². The van der Waals surface area contributed by atoms with Crippen molar-refractivity contribution in [3.63, 3.8) is 0 Å². The number of anilines is 1. The molecule has 1 aromatic carbocycles. The summed E-state index contributed by atoms with van der Waals surface area (Å²) >= 11 is 9.60. The number of aryl methyl sites for hydroxylation is 1. The summed E-state index contributed by atoms with van der Waals surface area (Å²) in [7, 11) is 1.74. The van der Waals surface area contributed by atoms with Crippen molar-refractivity contribution in [1.29, 1.82) is 0 Å². The molecule has 1 atom stereocenters. The smallest absolute Gasteiger partial charge is 0.258 e. The van der Waals surface area contributed by atoms with Crippen LogP contribution < -0.4 is 16.0 Å². The molecule has 0 saturated carbocycles. The van der Waals surface area contributed by atoms with Crippen molar-refractivity contribution in [3.05, 3.63) is 45.0 Å². The van der Waals surface area contributed by atoms with Gasteiger partial charge in [-0.1, -0.05) is 23.7 Å². The van der Waals surface area contributed by atoms with E-state index < -0.39 is 0 Å². The Hall–Kier alpha value is -1.90. The first-order valence-corrected chi connectivity index (χ1v) is 9.93. The van der Waals surface area contributed by atoms with Crippen LogP contribution >= 0.6 is 27.5 Å². The Labute approximate surface area is 171 Å². The second kappa shape index (κ2) is 8.86. The highest BCUT2D eigenvalue weighted by molar-refractivity contribution is 9.10. The van der Waals surface area contributed by atoms with Gasteiger partial charge in [0.05, 0.1) is 26.8 Å². The molecule has 1 fully saturated rings. The highest BCUT2D eigenvalue weighted by Crippen LogP contribution is 2.27. The van der Waals surface area contributed by atoms with E-state index in [0.717, 1.165) is 25.8 Å². The quantitative estimate of drug-likeness (QED) is 0.648. The van der Waals surface area contributed by atoms with Gasteiger partial charge in [-0.3, -0.25) is 14.3 Å². The topological polar surface area (TPSA) is 88.1 Å². The zero-order chi connectivity index (χ0) is 19.4. The number of halogens is 2. The van der Waals surface area contributed by atoms with E-state index in [4.69, 9.17) is 11.6 Å². The molecule has 144 valence electrons. The van der Waals surface area contributed by atoms with E-state index in [1.165, 1.54) is 0 Å². The first-order chi connectivity index (χ1) is 13.0. The molecule has 0 radical (unpaired) electrons. The van der Waals surface area contributed by atoms with Crippen LogP contribution in [0.4, 0.5) is 5.82 Å². The molecule has 0 unspecified atom stereocenters. The molecule has 1 aliphatic rings. The van der Waals surface area contributed by atoms with Gasteiger partial charge in [-0.15, -0.1) is 0 Å².